The zero-order valence-corrected chi connectivity index (χ0v) is 9.75. The molecule has 0 radical (unpaired) electrons. The van der Waals surface area contributed by atoms with Crippen molar-refractivity contribution in [3.05, 3.63) is 34.1 Å². The normalized spacial score (nSPS) is 12.0. The van der Waals surface area contributed by atoms with Crippen molar-refractivity contribution in [1.82, 2.24) is 0 Å². The van der Waals surface area contributed by atoms with Crippen LogP contribution in [0.5, 0.6) is 0 Å². The van der Waals surface area contributed by atoms with E-state index in [1.807, 2.05) is 0 Å². The molecule has 1 rings (SSSR count). The average Bonchev–Trinajstić information content (AvgIpc) is 2.04. The van der Waals surface area contributed by atoms with Crippen molar-refractivity contribution >= 4 is 28.3 Å². The molecule has 80 valence electrons. The summed E-state index contributed by atoms with van der Waals surface area (Å²) in [4.78, 5) is 0. The summed E-state index contributed by atoms with van der Waals surface area (Å²) in [7, 11) is 0. The van der Waals surface area contributed by atoms with Crippen molar-refractivity contribution in [1.29, 1.82) is 0 Å². The van der Waals surface area contributed by atoms with Gasteiger partial charge in [-0.15, -0.1) is 12.4 Å². The highest BCUT2D eigenvalue weighted by Gasteiger charge is 2.14. The largest absolute Gasteiger partial charge is 0.324 e. The number of hydrogen-bond acceptors (Lipinski definition) is 1. The van der Waals surface area contributed by atoms with Crippen molar-refractivity contribution in [2.45, 2.75) is 12.5 Å². The Hall–Kier alpha value is -0.190. The van der Waals surface area contributed by atoms with Gasteiger partial charge in [0.25, 0.3) is 0 Å². The minimum Gasteiger partial charge on any atom is -0.324 e. The Labute approximate surface area is 96.2 Å². The summed E-state index contributed by atoms with van der Waals surface area (Å²) in [5.74, 6) is -0.393. The molecule has 0 fully saturated rings. The first-order valence-electron chi connectivity index (χ1n) is 3.92. The Morgan fingerprint density at radius 1 is 1.43 bits per heavy atom. The van der Waals surface area contributed by atoms with Crippen molar-refractivity contribution in [3.8, 4) is 0 Å². The second-order valence-corrected chi connectivity index (χ2v) is 3.57. The molecule has 0 aromatic heterocycles. The summed E-state index contributed by atoms with van der Waals surface area (Å²) in [6.07, 6.45) is 0.138. The minimum atomic E-state index is -0.583. The first-order chi connectivity index (χ1) is 6.16. The molecule has 0 saturated heterocycles. The van der Waals surface area contributed by atoms with Gasteiger partial charge in [0.15, 0.2) is 0 Å². The number of nitrogens with two attached hydrogens (primary N) is 1. The van der Waals surface area contributed by atoms with E-state index < -0.39 is 18.5 Å². The maximum Gasteiger partial charge on any atom is 0.129 e. The van der Waals surface area contributed by atoms with E-state index in [4.69, 9.17) is 5.73 Å². The van der Waals surface area contributed by atoms with Crippen molar-refractivity contribution in [3.63, 3.8) is 0 Å². The third kappa shape index (κ3) is 3.19. The standard InChI is InChI=1S/C9H10BrF2N.ClH/c10-6-2-1-3-7(12)9(6)8(13)4-5-11;/h1-3,8H,4-5,13H2;1H/t8-;/m0./s1. The lowest BCUT2D eigenvalue weighted by atomic mass is 10.1. The molecule has 0 heterocycles. The summed E-state index contributed by atoms with van der Waals surface area (Å²) in [6.45, 7) is -0.540. The van der Waals surface area contributed by atoms with Crippen LogP contribution in [0.2, 0.25) is 0 Å². The van der Waals surface area contributed by atoms with Crippen LogP contribution in [0.1, 0.15) is 18.0 Å². The topological polar surface area (TPSA) is 26.0 Å². The van der Waals surface area contributed by atoms with Crippen LogP contribution in [0.25, 0.3) is 0 Å². The van der Waals surface area contributed by atoms with E-state index in [1.165, 1.54) is 6.07 Å². The van der Waals surface area contributed by atoms with Crippen LogP contribution in [-0.4, -0.2) is 6.67 Å². The van der Waals surface area contributed by atoms with E-state index in [0.29, 0.717) is 10.0 Å². The van der Waals surface area contributed by atoms with E-state index in [-0.39, 0.29) is 18.8 Å². The Morgan fingerprint density at radius 2 is 2.07 bits per heavy atom. The third-order valence-corrected chi connectivity index (χ3v) is 2.48. The monoisotopic (exact) mass is 285 g/mol. The maximum absolute atomic E-state index is 13.2. The lowest BCUT2D eigenvalue weighted by molar-refractivity contribution is 0.434. The van der Waals surface area contributed by atoms with Gasteiger partial charge in [-0.05, 0) is 18.6 Å². The molecule has 0 spiro atoms. The van der Waals surface area contributed by atoms with E-state index in [0.717, 1.165) is 0 Å². The number of alkyl halides is 1. The molecular formula is C9H11BrClF2N. The molecule has 0 aliphatic heterocycles. The molecule has 2 N–H and O–H groups in total. The summed E-state index contributed by atoms with van der Waals surface area (Å²) in [5, 5.41) is 0. The fraction of sp³-hybridized carbons (Fsp3) is 0.333. The zero-order chi connectivity index (χ0) is 9.84. The van der Waals surface area contributed by atoms with Crippen LogP contribution >= 0.6 is 28.3 Å². The highest BCUT2D eigenvalue weighted by atomic mass is 79.9. The molecule has 0 aliphatic rings. The number of halogens is 4. The van der Waals surface area contributed by atoms with Crippen molar-refractivity contribution in [2.24, 2.45) is 5.73 Å². The minimum absolute atomic E-state index is 0. The van der Waals surface area contributed by atoms with Crippen LogP contribution in [0.3, 0.4) is 0 Å². The van der Waals surface area contributed by atoms with Crippen molar-refractivity contribution in [2.75, 3.05) is 6.67 Å². The van der Waals surface area contributed by atoms with Gasteiger partial charge in [0.05, 0.1) is 6.67 Å². The zero-order valence-electron chi connectivity index (χ0n) is 7.34. The molecule has 0 unspecified atom stereocenters. The van der Waals surface area contributed by atoms with Gasteiger partial charge in [-0.2, -0.15) is 0 Å². The van der Waals surface area contributed by atoms with Gasteiger partial charge in [-0.3, -0.25) is 4.39 Å². The molecule has 1 aromatic carbocycles. The molecule has 14 heavy (non-hydrogen) atoms. The molecular weight excluding hydrogens is 275 g/mol. The van der Waals surface area contributed by atoms with Crippen LogP contribution < -0.4 is 5.73 Å². The van der Waals surface area contributed by atoms with Gasteiger partial charge < -0.3 is 5.73 Å². The number of rotatable bonds is 3. The Bertz CT molecular complexity index is 276. The molecule has 0 aliphatic carbocycles. The molecule has 0 saturated carbocycles. The van der Waals surface area contributed by atoms with E-state index in [1.54, 1.807) is 12.1 Å². The first-order valence-corrected chi connectivity index (χ1v) is 4.71. The number of hydrogen-bond donors (Lipinski definition) is 1. The highest BCUT2D eigenvalue weighted by Crippen LogP contribution is 2.26. The fourth-order valence-electron chi connectivity index (χ4n) is 1.13. The summed E-state index contributed by atoms with van der Waals surface area (Å²) < 4.78 is 25.8. The molecule has 1 nitrogen and oxygen atoms in total. The summed E-state index contributed by atoms with van der Waals surface area (Å²) in [5.41, 5.74) is 5.94. The maximum atomic E-state index is 13.2. The van der Waals surface area contributed by atoms with Gasteiger partial charge in [-0.25, -0.2) is 4.39 Å². The summed E-state index contributed by atoms with van der Waals surface area (Å²) in [6, 6.07) is 4.00. The van der Waals surface area contributed by atoms with Crippen molar-refractivity contribution < 1.29 is 8.78 Å². The quantitative estimate of drug-likeness (QED) is 0.906. The van der Waals surface area contributed by atoms with E-state index in [9.17, 15) is 8.78 Å². The molecule has 0 bridgehead atoms. The van der Waals surface area contributed by atoms with E-state index >= 15 is 0 Å². The second-order valence-electron chi connectivity index (χ2n) is 2.72. The summed E-state index contributed by atoms with van der Waals surface area (Å²) >= 11 is 3.18. The lowest BCUT2D eigenvalue weighted by Crippen LogP contribution is -2.13. The van der Waals surface area contributed by atoms with Gasteiger partial charge in [0.1, 0.15) is 5.82 Å². The van der Waals surface area contributed by atoms with Crippen LogP contribution in [0.15, 0.2) is 22.7 Å². The fourth-order valence-corrected chi connectivity index (χ4v) is 1.76. The second kappa shape index (κ2) is 6.32. The predicted molar refractivity (Wildman–Crippen MR) is 58.9 cm³/mol. The lowest BCUT2D eigenvalue weighted by Gasteiger charge is -2.12. The smallest absolute Gasteiger partial charge is 0.129 e. The Morgan fingerprint density at radius 3 is 2.57 bits per heavy atom. The van der Waals surface area contributed by atoms with Gasteiger partial charge in [-0.1, -0.05) is 22.0 Å². The Balaban J connectivity index is 0.00000169. The van der Waals surface area contributed by atoms with Crippen LogP contribution in [0, 0.1) is 5.82 Å². The van der Waals surface area contributed by atoms with Crippen LogP contribution in [0.4, 0.5) is 8.78 Å². The molecule has 1 atom stereocenters. The van der Waals surface area contributed by atoms with Gasteiger partial charge in [0, 0.05) is 16.1 Å². The Kier molecular flexibility index (Phi) is 6.24. The number of benzene rings is 1. The molecule has 0 amide bonds. The van der Waals surface area contributed by atoms with Gasteiger partial charge in [0.2, 0.25) is 0 Å². The van der Waals surface area contributed by atoms with Gasteiger partial charge >= 0.3 is 0 Å². The third-order valence-electron chi connectivity index (χ3n) is 1.79. The predicted octanol–water partition coefficient (Wildman–Crippen LogP) is 3.37. The highest BCUT2D eigenvalue weighted by molar-refractivity contribution is 9.10. The SMILES string of the molecule is Cl.N[C@@H](CCF)c1c(F)cccc1Br. The first kappa shape index (κ1) is 13.8. The molecule has 5 heteroatoms. The van der Waals surface area contributed by atoms with E-state index in [2.05, 4.69) is 15.9 Å². The van der Waals surface area contributed by atoms with Crippen LogP contribution in [-0.2, 0) is 0 Å². The average molecular weight is 287 g/mol. The molecule has 1 aromatic rings.